The van der Waals surface area contributed by atoms with Crippen LogP contribution in [0.25, 0.3) is 0 Å². The van der Waals surface area contributed by atoms with Crippen LogP contribution in [0.1, 0.15) is 26.0 Å². The number of amides is 1. The summed E-state index contributed by atoms with van der Waals surface area (Å²) in [5.74, 6) is 2.85. The Morgan fingerprint density at radius 3 is 2.33 bits per heavy atom. The van der Waals surface area contributed by atoms with Crippen LogP contribution in [0.15, 0.2) is 78.9 Å². The van der Waals surface area contributed by atoms with E-state index in [1.165, 1.54) is 11.1 Å². The maximum atomic E-state index is 12.6. The third-order valence-corrected chi connectivity index (χ3v) is 4.81. The van der Waals surface area contributed by atoms with Crippen molar-refractivity contribution in [2.75, 3.05) is 10.6 Å². The van der Waals surface area contributed by atoms with Crippen molar-refractivity contribution >= 4 is 35.4 Å². The topological polar surface area (TPSA) is 72.3 Å². The third-order valence-electron chi connectivity index (χ3n) is 4.81. The fourth-order valence-corrected chi connectivity index (χ4v) is 3.35. The van der Waals surface area contributed by atoms with Gasteiger partial charge in [0.2, 0.25) is 5.91 Å². The standard InChI is InChI=1S/C18H20N2O.C6H7N.CH2S.2H2/c1-13-5-4-6-14(11-13)12-20-17-8-3-2-7-15(17)9-10-16(19)18(20)21;7-6-4-2-1-3-5-6;1-2;;/h2-8,11,16H,9-10,12,19H2,1H3;1-5H,7H2;1H2;2*1H. The van der Waals surface area contributed by atoms with E-state index in [0.29, 0.717) is 13.0 Å². The van der Waals surface area contributed by atoms with Gasteiger partial charge in [0, 0.05) is 14.2 Å². The summed E-state index contributed by atoms with van der Waals surface area (Å²) < 4.78 is 0. The van der Waals surface area contributed by atoms with Crippen molar-refractivity contribution in [2.45, 2.75) is 32.4 Å². The lowest BCUT2D eigenvalue weighted by Crippen LogP contribution is -2.42. The number of anilines is 2. The van der Waals surface area contributed by atoms with Gasteiger partial charge in [0.25, 0.3) is 0 Å². The Balaban J connectivity index is 0.000000745. The zero-order valence-corrected chi connectivity index (χ0v) is 18.1. The van der Waals surface area contributed by atoms with Gasteiger partial charge in [0.1, 0.15) is 0 Å². The Hall–Kier alpha value is -3.02. The first-order valence-corrected chi connectivity index (χ1v) is 10.4. The van der Waals surface area contributed by atoms with Crippen molar-refractivity contribution in [2.24, 2.45) is 5.73 Å². The molecule has 0 radical (unpaired) electrons. The van der Waals surface area contributed by atoms with Crippen molar-refractivity contribution in [3.05, 3.63) is 95.6 Å². The van der Waals surface area contributed by atoms with Crippen molar-refractivity contribution in [3.63, 3.8) is 0 Å². The minimum atomic E-state index is -0.415. The number of aryl methyl sites for hydroxylation is 2. The second-order valence-electron chi connectivity index (χ2n) is 7.10. The molecule has 30 heavy (non-hydrogen) atoms. The molecular formula is C25H33N3OS. The van der Waals surface area contributed by atoms with E-state index in [1.807, 2.05) is 59.5 Å². The summed E-state index contributed by atoms with van der Waals surface area (Å²) in [6.07, 6.45) is 1.56. The highest BCUT2D eigenvalue weighted by Gasteiger charge is 2.27. The number of rotatable bonds is 2. The van der Waals surface area contributed by atoms with E-state index in [2.05, 4.69) is 49.3 Å². The van der Waals surface area contributed by atoms with E-state index >= 15 is 0 Å². The molecule has 1 unspecified atom stereocenters. The number of para-hydroxylation sites is 2. The monoisotopic (exact) mass is 423 g/mol. The normalized spacial score (nSPS) is 14.9. The molecule has 1 aliphatic heterocycles. The first-order valence-electron chi connectivity index (χ1n) is 9.84. The van der Waals surface area contributed by atoms with Crippen LogP contribution in [0.5, 0.6) is 0 Å². The molecule has 3 aromatic rings. The smallest absolute Gasteiger partial charge is 0.244 e. The molecule has 0 aliphatic carbocycles. The minimum absolute atomic E-state index is 0. The highest BCUT2D eigenvalue weighted by Crippen LogP contribution is 2.28. The number of hydrogen-bond acceptors (Lipinski definition) is 4. The summed E-state index contributed by atoms with van der Waals surface area (Å²) in [5, 5.41) is 0. The molecular weight excluding hydrogens is 390 g/mol. The Kier molecular flexibility index (Phi) is 9.19. The predicted molar refractivity (Wildman–Crippen MR) is 135 cm³/mol. The Bertz CT molecular complexity index is 957. The number of carbonyl (C=O) groups is 1. The second kappa shape index (κ2) is 11.9. The molecule has 1 amide bonds. The summed E-state index contributed by atoms with van der Waals surface area (Å²) in [5.41, 5.74) is 16.8. The Morgan fingerprint density at radius 1 is 1.03 bits per heavy atom. The highest BCUT2D eigenvalue weighted by molar-refractivity contribution is 7.77. The van der Waals surface area contributed by atoms with Crippen molar-refractivity contribution in [1.29, 1.82) is 0 Å². The molecule has 4 nitrogen and oxygen atoms in total. The largest absolute Gasteiger partial charge is 0.399 e. The molecule has 1 atom stereocenters. The summed E-state index contributed by atoms with van der Waals surface area (Å²) in [6, 6.07) is 25.4. The van der Waals surface area contributed by atoms with Crippen LogP contribution < -0.4 is 16.4 Å². The van der Waals surface area contributed by atoms with Crippen LogP contribution in [0.3, 0.4) is 0 Å². The number of nitrogens with two attached hydrogens (primary N) is 2. The number of nitrogen functional groups attached to an aromatic ring is 1. The molecule has 0 fully saturated rings. The lowest BCUT2D eigenvalue weighted by Gasteiger charge is -2.25. The quantitative estimate of drug-likeness (QED) is 0.440. The SMILES string of the molecule is C=S.Cc1cccc(CN2C(=O)C(N)CCc3ccccc32)c1.Nc1ccccc1.[HH].[HH]. The molecule has 0 saturated carbocycles. The van der Waals surface area contributed by atoms with Crippen molar-refractivity contribution in [1.82, 2.24) is 0 Å². The Morgan fingerprint density at radius 2 is 1.70 bits per heavy atom. The van der Waals surface area contributed by atoms with Gasteiger partial charge in [-0.05, 0) is 55.0 Å². The fraction of sp³-hybridized carbons (Fsp3) is 0.200. The molecule has 5 heteroatoms. The minimum Gasteiger partial charge on any atom is -0.399 e. The number of benzene rings is 3. The molecule has 1 heterocycles. The summed E-state index contributed by atoms with van der Waals surface area (Å²) >= 11 is 3.83. The summed E-state index contributed by atoms with van der Waals surface area (Å²) in [6.45, 7) is 2.64. The highest BCUT2D eigenvalue weighted by atomic mass is 32.1. The van der Waals surface area contributed by atoms with Gasteiger partial charge in [0.05, 0.1) is 12.6 Å². The summed E-state index contributed by atoms with van der Waals surface area (Å²) in [4.78, 5) is 14.4. The van der Waals surface area contributed by atoms with E-state index in [4.69, 9.17) is 11.5 Å². The average Bonchev–Trinajstić information content (AvgIpc) is 2.89. The number of carbonyl (C=O) groups excluding carboxylic acids is 1. The number of fused-ring (bicyclic) bond motifs is 1. The predicted octanol–water partition coefficient (Wildman–Crippen LogP) is 5.18. The molecule has 4 N–H and O–H groups in total. The number of hydrogen-bond donors (Lipinski definition) is 2. The van der Waals surface area contributed by atoms with E-state index in [9.17, 15) is 4.79 Å². The van der Waals surface area contributed by atoms with Crippen molar-refractivity contribution < 1.29 is 7.65 Å². The maximum Gasteiger partial charge on any atom is 0.244 e. The van der Waals surface area contributed by atoms with Gasteiger partial charge >= 0.3 is 0 Å². The molecule has 160 valence electrons. The zero-order valence-electron chi connectivity index (χ0n) is 17.3. The first kappa shape index (κ1) is 23.3. The molecule has 3 aromatic carbocycles. The molecule has 0 spiro atoms. The van der Waals surface area contributed by atoms with Crippen LogP contribution >= 0.6 is 12.2 Å². The van der Waals surface area contributed by atoms with Gasteiger partial charge < -0.3 is 16.4 Å². The number of nitrogens with zero attached hydrogens (tertiary/aromatic N) is 1. The fourth-order valence-electron chi connectivity index (χ4n) is 3.35. The molecule has 0 saturated heterocycles. The van der Waals surface area contributed by atoms with Crippen LogP contribution in [0.2, 0.25) is 0 Å². The first-order chi connectivity index (χ1) is 14.5. The van der Waals surface area contributed by atoms with Gasteiger partial charge in [-0.1, -0.05) is 78.4 Å². The lowest BCUT2D eigenvalue weighted by atomic mass is 10.1. The third kappa shape index (κ3) is 6.51. The van der Waals surface area contributed by atoms with Gasteiger partial charge in [-0.2, -0.15) is 0 Å². The van der Waals surface area contributed by atoms with Crippen LogP contribution in [-0.4, -0.2) is 17.8 Å². The van der Waals surface area contributed by atoms with Crippen molar-refractivity contribution in [3.8, 4) is 0 Å². The maximum absolute atomic E-state index is 12.6. The molecule has 1 aliphatic rings. The zero-order chi connectivity index (χ0) is 21.9. The Labute approximate surface area is 187 Å². The average molecular weight is 424 g/mol. The van der Waals surface area contributed by atoms with Gasteiger partial charge in [0.15, 0.2) is 0 Å². The van der Waals surface area contributed by atoms with Crippen LogP contribution in [0, 0.1) is 6.92 Å². The van der Waals surface area contributed by atoms with E-state index in [1.54, 1.807) is 0 Å². The van der Waals surface area contributed by atoms with E-state index < -0.39 is 6.04 Å². The van der Waals surface area contributed by atoms with Gasteiger partial charge in [-0.15, -0.1) is 0 Å². The van der Waals surface area contributed by atoms with Gasteiger partial charge in [-0.25, -0.2) is 0 Å². The molecule has 4 rings (SSSR count). The molecule has 0 bridgehead atoms. The van der Waals surface area contributed by atoms with Crippen LogP contribution in [-0.2, 0) is 17.8 Å². The lowest BCUT2D eigenvalue weighted by molar-refractivity contribution is -0.120. The van der Waals surface area contributed by atoms with E-state index in [-0.39, 0.29) is 8.76 Å². The molecule has 0 aromatic heterocycles. The van der Waals surface area contributed by atoms with E-state index in [0.717, 1.165) is 23.4 Å². The summed E-state index contributed by atoms with van der Waals surface area (Å²) in [7, 11) is 0. The van der Waals surface area contributed by atoms with Crippen LogP contribution in [0.4, 0.5) is 11.4 Å². The second-order valence-corrected chi connectivity index (χ2v) is 7.10. The number of thiocarbonyl (C=S) groups is 1. The van der Waals surface area contributed by atoms with Gasteiger partial charge in [-0.3, -0.25) is 4.79 Å².